The van der Waals surface area contributed by atoms with Gasteiger partial charge in [-0.15, -0.1) is 0 Å². The van der Waals surface area contributed by atoms with Gasteiger partial charge in [-0.2, -0.15) is 0 Å². The van der Waals surface area contributed by atoms with Gasteiger partial charge in [-0.05, 0) is 70.3 Å². The van der Waals surface area contributed by atoms with Crippen LogP contribution in [0.2, 0.25) is 0 Å². The van der Waals surface area contributed by atoms with Crippen LogP contribution in [0.25, 0.3) is 0 Å². The minimum Gasteiger partial charge on any atom is -0.0879 e. The molecule has 7 aliphatic rings. The zero-order valence-electron chi connectivity index (χ0n) is 10.3. The Morgan fingerprint density at radius 3 is 1.78 bits per heavy atom. The summed E-state index contributed by atoms with van der Waals surface area (Å²) in [4.78, 5) is 0. The van der Waals surface area contributed by atoms with Crippen molar-refractivity contribution in [2.45, 2.75) is 24.7 Å². The van der Waals surface area contributed by atoms with Gasteiger partial charge in [0.05, 0.1) is 0 Å². The summed E-state index contributed by atoms with van der Waals surface area (Å²) < 4.78 is 0. The summed E-state index contributed by atoms with van der Waals surface area (Å²) in [6.07, 6.45) is 7.85. The Balaban J connectivity index is 1.63. The number of allylic oxidation sites excluding steroid dienone is 2. The average Bonchev–Trinajstić information content (AvgIpc) is 2.40. The third-order valence-corrected chi connectivity index (χ3v) is 8.34. The van der Waals surface area contributed by atoms with E-state index >= 15 is 0 Å². The molecule has 0 radical (unpaired) electrons. The molecule has 0 heterocycles. The van der Waals surface area contributed by atoms with Gasteiger partial charge in [0.25, 0.3) is 0 Å². The predicted octanol–water partition coefficient (Wildman–Crippen LogP) is 3.71. The van der Waals surface area contributed by atoms with E-state index in [0.717, 1.165) is 46.3 Å². The van der Waals surface area contributed by atoms with E-state index in [1.54, 1.807) is 11.1 Å². The summed E-state index contributed by atoms with van der Waals surface area (Å²) in [5.41, 5.74) is 5.04. The summed E-state index contributed by atoms with van der Waals surface area (Å²) in [6, 6.07) is 9.48. The van der Waals surface area contributed by atoms with Gasteiger partial charge < -0.3 is 0 Å². The summed E-state index contributed by atoms with van der Waals surface area (Å²) in [7, 11) is 0. The first-order chi connectivity index (χ1) is 8.93. The van der Waals surface area contributed by atoms with E-state index < -0.39 is 0 Å². The second-order valence-electron chi connectivity index (χ2n) is 7.75. The van der Waals surface area contributed by atoms with E-state index in [0.29, 0.717) is 0 Å². The van der Waals surface area contributed by atoms with Crippen LogP contribution in [0.4, 0.5) is 0 Å². The number of hydrogen-bond donors (Lipinski definition) is 0. The van der Waals surface area contributed by atoms with Crippen molar-refractivity contribution in [3.63, 3.8) is 0 Å². The molecule has 0 unspecified atom stereocenters. The van der Waals surface area contributed by atoms with Crippen molar-refractivity contribution in [2.24, 2.45) is 34.5 Å². The highest BCUT2D eigenvalue weighted by atomic mass is 15.0. The lowest BCUT2D eigenvalue weighted by Gasteiger charge is -3.03. The normalized spacial score (nSPS) is 65.6. The fraction of sp³-hybridized carbons (Fsp3) is 0.556. The molecule has 8 atom stereocenters. The van der Waals surface area contributed by atoms with Crippen molar-refractivity contribution >= 4 is 0 Å². The number of hydrogen-bond acceptors (Lipinski definition) is 0. The highest BCUT2D eigenvalue weighted by Gasteiger charge is 3.00. The average molecular weight is 232 g/mol. The van der Waals surface area contributed by atoms with E-state index in [4.69, 9.17) is 0 Å². The van der Waals surface area contributed by atoms with E-state index in [-0.39, 0.29) is 0 Å². The smallest absolute Gasteiger partial charge is 0.00566 e. The maximum absolute atomic E-state index is 2.52. The molecule has 0 aromatic heterocycles. The molecule has 0 saturated heterocycles. The monoisotopic (exact) mass is 232 g/mol. The molecule has 7 aliphatic carbocycles. The van der Waals surface area contributed by atoms with Crippen LogP contribution in [-0.2, 0) is 0 Å². The van der Waals surface area contributed by atoms with Gasteiger partial charge in [-0.3, -0.25) is 0 Å². The Morgan fingerprint density at radius 2 is 1.28 bits per heavy atom. The third-order valence-electron chi connectivity index (χ3n) is 8.34. The van der Waals surface area contributed by atoms with E-state index in [9.17, 15) is 0 Å². The minimum absolute atomic E-state index is 0.755. The van der Waals surface area contributed by atoms with Gasteiger partial charge in [0.15, 0.2) is 0 Å². The topological polar surface area (TPSA) is 0 Å². The molecule has 88 valence electrons. The molecule has 1 aromatic rings. The summed E-state index contributed by atoms with van der Waals surface area (Å²) in [6.45, 7) is 0. The van der Waals surface area contributed by atoms with Gasteiger partial charge in [0, 0.05) is 0 Å². The molecule has 1 aromatic carbocycles. The largest absolute Gasteiger partial charge is 0.0879 e. The van der Waals surface area contributed by atoms with Gasteiger partial charge in [0.2, 0.25) is 0 Å². The van der Waals surface area contributed by atoms with Crippen LogP contribution in [0.1, 0.15) is 35.8 Å². The zero-order valence-corrected chi connectivity index (χ0v) is 10.3. The fourth-order valence-electron chi connectivity index (χ4n) is 8.48. The number of benzene rings is 1. The molecule has 18 heavy (non-hydrogen) atoms. The Kier molecular flexibility index (Phi) is 0.881. The van der Waals surface area contributed by atoms with Crippen LogP contribution in [0, 0.1) is 34.5 Å². The van der Waals surface area contributed by atoms with Gasteiger partial charge in [-0.25, -0.2) is 0 Å². The highest BCUT2D eigenvalue weighted by molar-refractivity contribution is 5.62. The van der Waals surface area contributed by atoms with Crippen molar-refractivity contribution in [1.82, 2.24) is 0 Å². The Labute approximate surface area is 107 Å². The van der Waals surface area contributed by atoms with E-state index in [2.05, 4.69) is 36.4 Å². The lowest BCUT2D eigenvalue weighted by atomic mass is 9.00. The molecule has 0 aliphatic heterocycles. The van der Waals surface area contributed by atoms with Gasteiger partial charge in [-0.1, -0.05) is 36.4 Å². The Hall–Kier alpha value is -1.04. The van der Waals surface area contributed by atoms with Gasteiger partial charge >= 0.3 is 0 Å². The highest BCUT2D eigenvalue weighted by Crippen LogP contribution is 3.05. The molecule has 0 heteroatoms. The molecule has 0 amide bonds. The quantitative estimate of drug-likeness (QED) is 0.598. The van der Waals surface area contributed by atoms with Crippen LogP contribution < -0.4 is 0 Å². The molecule has 8 rings (SSSR count). The molecule has 2 bridgehead atoms. The molecule has 4 saturated carbocycles. The molecule has 2 spiro atoms. The third kappa shape index (κ3) is 0.414. The predicted molar refractivity (Wildman–Crippen MR) is 69.1 cm³/mol. The number of rotatable bonds is 0. The lowest BCUT2D eigenvalue weighted by molar-refractivity contribution is -0.516. The standard InChI is InChI=1S/C18H16/c1-2-6-10-9(5-1)13-11-12-14(10)18-8-4-3-7-17(13,18)15(11)16(12)18/h1-6,11-16H,7-8H2/t11-,12-,13-,14-,15-,16+,17-,18-/m0/s1. The first-order valence-corrected chi connectivity index (χ1v) is 7.67. The maximum atomic E-state index is 2.52. The Bertz CT molecular complexity index is 613. The van der Waals surface area contributed by atoms with Crippen molar-refractivity contribution in [1.29, 1.82) is 0 Å². The summed E-state index contributed by atoms with van der Waals surface area (Å²) in [5, 5.41) is 0. The molecular formula is C18H16. The second kappa shape index (κ2) is 1.94. The zero-order chi connectivity index (χ0) is 11.3. The summed E-state index contributed by atoms with van der Waals surface area (Å²) in [5.74, 6) is 6.46. The van der Waals surface area contributed by atoms with Crippen molar-refractivity contribution in [3.05, 3.63) is 47.5 Å². The summed E-state index contributed by atoms with van der Waals surface area (Å²) >= 11 is 0. The first kappa shape index (κ1) is 8.19. The molecule has 0 N–H and O–H groups in total. The van der Waals surface area contributed by atoms with E-state index in [1.807, 2.05) is 0 Å². The fourth-order valence-corrected chi connectivity index (χ4v) is 8.48. The van der Waals surface area contributed by atoms with Crippen molar-refractivity contribution in [3.8, 4) is 0 Å². The SMILES string of the molecule is C1=CC[C@]23[C@H]4[C@H]5[C@@H]6[C@H]4[C@]2(C1)[C@H]6c1ccccc1[C@@H]53. The first-order valence-electron chi connectivity index (χ1n) is 7.67. The van der Waals surface area contributed by atoms with Crippen LogP contribution >= 0.6 is 0 Å². The van der Waals surface area contributed by atoms with E-state index in [1.165, 1.54) is 12.8 Å². The molecule has 0 nitrogen and oxygen atoms in total. The Morgan fingerprint density at radius 1 is 0.778 bits per heavy atom. The maximum Gasteiger partial charge on any atom is -0.00566 e. The van der Waals surface area contributed by atoms with Crippen LogP contribution in [-0.4, -0.2) is 0 Å². The van der Waals surface area contributed by atoms with Crippen LogP contribution in [0.15, 0.2) is 36.4 Å². The minimum atomic E-state index is 0.755. The lowest BCUT2D eigenvalue weighted by Crippen LogP contribution is -2.98. The molecular weight excluding hydrogens is 216 g/mol. The second-order valence-corrected chi connectivity index (χ2v) is 7.75. The molecule has 4 fully saturated rings. The van der Waals surface area contributed by atoms with Crippen LogP contribution in [0.5, 0.6) is 0 Å². The van der Waals surface area contributed by atoms with Crippen molar-refractivity contribution < 1.29 is 0 Å². The van der Waals surface area contributed by atoms with Crippen molar-refractivity contribution in [2.75, 3.05) is 0 Å². The van der Waals surface area contributed by atoms with Gasteiger partial charge in [0.1, 0.15) is 0 Å². The van der Waals surface area contributed by atoms with Crippen LogP contribution in [0.3, 0.4) is 0 Å².